The van der Waals surface area contributed by atoms with Gasteiger partial charge in [-0.25, -0.2) is 0 Å². The molecule has 646 valence electrons. The van der Waals surface area contributed by atoms with Crippen molar-refractivity contribution < 1.29 is 0 Å². The third-order valence-electron chi connectivity index (χ3n) is 27.9. The highest BCUT2D eigenvalue weighted by molar-refractivity contribution is 6.18. The number of nitrogens with zero attached hydrogens (tertiary/aromatic N) is 6. The van der Waals surface area contributed by atoms with Crippen LogP contribution in [0.4, 0.5) is 0 Å². The van der Waals surface area contributed by atoms with Crippen LogP contribution in [0.25, 0.3) is 243 Å². The highest BCUT2D eigenvalue weighted by atomic mass is 15.0. The number of hydrogen-bond donors (Lipinski definition) is 0. The van der Waals surface area contributed by atoms with E-state index in [2.05, 4.69) is 561 Å². The van der Waals surface area contributed by atoms with Crippen LogP contribution in [0.15, 0.2) is 534 Å². The second-order valence-corrected chi connectivity index (χ2v) is 35.8. The fraction of sp³-hybridized carbons (Fsp3) is 0. The summed E-state index contributed by atoms with van der Waals surface area (Å²) in [6.07, 6.45) is 0. The van der Waals surface area contributed by atoms with E-state index in [1.54, 1.807) is 0 Å². The summed E-state index contributed by atoms with van der Waals surface area (Å²) in [5.41, 5.74) is 38.7. The second kappa shape index (κ2) is 34.0. The maximum Gasteiger partial charge on any atom is 0.0541 e. The lowest BCUT2D eigenvalue weighted by Crippen LogP contribution is -1.97. The van der Waals surface area contributed by atoms with Crippen LogP contribution in [0, 0.1) is 0 Å². The average molecular weight is 1760 g/mol. The molecule has 6 aromatic heterocycles. The van der Waals surface area contributed by atoms with Gasteiger partial charge < -0.3 is 27.4 Å². The van der Waals surface area contributed by atoms with E-state index < -0.39 is 0 Å². The molecule has 6 heteroatoms. The van der Waals surface area contributed by atoms with Gasteiger partial charge in [0.1, 0.15) is 0 Å². The molecule has 0 radical (unpaired) electrons. The SMILES string of the molecule is c1ccc(-c2ccc3c(c2)c2cc(-c4ccc5c(c4)c4cc(-c6ccccc6)ccc4n5-c4ccccc4)ccc2n3-c2ccccc2)cc1.c1ccc(-c2ccc3c(c2)c2cc(-c4ccc5c(c4)c4ccccc4n5-c4ccccc4)ccc2n3-c2ccccc2)cc1.c1ccc(-c2ccccc2-n2c3ccccc3c3cc(-c4ccc5c(c4)c4ccccc4n5-c4ccccc4)ccc32)cc1. The topological polar surface area (TPSA) is 29.6 Å². The quantitative estimate of drug-likeness (QED) is 0.110. The fourth-order valence-electron chi connectivity index (χ4n) is 21.6. The van der Waals surface area contributed by atoms with Gasteiger partial charge in [-0.2, -0.15) is 0 Å². The molecule has 0 aliphatic heterocycles. The molecular weight excluding hydrogens is 1670 g/mol. The normalized spacial score (nSPS) is 11.6. The first-order valence-electron chi connectivity index (χ1n) is 47.4. The maximum absolute atomic E-state index is 2.42. The monoisotopic (exact) mass is 1760 g/mol. The van der Waals surface area contributed by atoms with Crippen molar-refractivity contribution in [1.29, 1.82) is 0 Å². The lowest BCUT2D eigenvalue weighted by atomic mass is 9.98. The maximum atomic E-state index is 2.42. The van der Waals surface area contributed by atoms with E-state index in [-0.39, 0.29) is 0 Å². The Bertz CT molecular complexity index is 9320. The van der Waals surface area contributed by atoms with Gasteiger partial charge in [0.05, 0.1) is 71.9 Å². The largest absolute Gasteiger partial charge is 0.309 e. The number of benzene rings is 22. The molecule has 22 aromatic carbocycles. The van der Waals surface area contributed by atoms with E-state index >= 15 is 0 Å². The van der Waals surface area contributed by atoms with Crippen molar-refractivity contribution >= 4 is 131 Å². The van der Waals surface area contributed by atoms with Crippen LogP contribution in [0.2, 0.25) is 0 Å². The van der Waals surface area contributed by atoms with Gasteiger partial charge >= 0.3 is 0 Å². The Morgan fingerprint density at radius 1 is 0.0942 bits per heavy atom. The van der Waals surface area contributed by atoms with Crippen molar-refractivity contribution in [1.82, 2.24) is 27.4 Å². The summed E-state index contributed by atoms with van der Waals surface area (Å²) in [6.45, 7) is 0. The van der Waals surface area contributed by atoms with Crippen LogP contribution in [0.3, 0.4) is 0 Å². The van der Waals surface area contributed by atoms with Crippen LogP contribution in [0.5, 0.6) is 0 Å². The van der Waals surface area contributed by atoms with Gasteiger partial charge in [-0.3, -0.25) is 0 Å². The first kappa shape index (κ1) is 80.5. The Morgan fingerprint density at radius 2 is 0.254 bits per heavy atom. The van der Waals surface area contributed by atoms with Gasteiger partial charge in [0.25, 0.3) is 0 Å². The summed E-state index contributed by atoms with van der Waals surface area (Å²) >= 11 is 0. The van der Waals surface area contributed by atoms with E-state index in [0.717, 1.165) is 11.4 Å². The van der Waals surface area contributed by atoms with Crippen LogP contribution < -0.4 is 0 Å². The summed E-state index contributed by atoms with van der Waals surface area (Å²) in [6, 6.07) is 193. The zero-order chi connectivity index (χ0) is 91.1. The van der Waals surface area contributed by atoms with Crippen LogP contribution in [0.1, 0.15) is 0 Å². The summed E-state index contributed by atoms with van der Waals surface area (Å²) in [5, 5.41) is 15.1. The van der Waals surface area contributed by atoms with Crippen molar-refractivity contribution in [3.05, 3.63) is 534 Å². The minimum absolute atomic E-state index is 1.16. The van der Waals surface area contributed by atoms with Crippen molar-refractivity contribution in [2.45, 2.75) is 0 Å². The van der Waals surface area contributed by atoms with E-state index in [0.29, 0.717) is 0 Å². The molecule has 0 unspecified atom stereocenters. The highest BCUT2D eigenvalue weighted by Crippen LogP contribution is 2.46. The van der Waals surface area contributed by atoms with E-state index in [1.165, 1.54) is 231 Å². The number of fused-ring (bicyclic) bond motifs is 18. The van der Waals surface area contributed by atoms with Crippen LogP contribution in [-0.4, -0.2) is 27.4 Å². The predicted molar refractivity (Wildman–Crippen MR) is 583 cm³/mol. The van der Waals surface area contributed by atoms with Gasteiger partial charge in [-0.1, -0.05) is 340 Å². The third kappa shape index (κ3) is 14.0. The Balaban J connectivity index is 0.000000107. The number of para-hydroxylation sites is 9. The summed E-state index contributed by atoms with van der Waals surface area (Å²) in [4.78, 5) is 0. The van der Waals surface area contributed by atoms with Gasteiger partial charge in [-0.15, -0.1) is 0 Å². The summed E-state index contributed by atoms with van der Waals surface area (Å²) in [5.74, 6) is 0. The lowest BCUT2D eigenvalue weighted by molar-refractivity contribution is 1.18. The Kier molecular flexibility index (Phi) is 19.9. The zero-order valence-electron chi connectivity index (χ0n) is 75.5. The van der Waals surface area contributed by atoms with Crippen LogP contribution >= 0.6 is 0 Å². The first-order valence-corrected chi connectivity index (χ1v) is 47.4. The Labute approximate surface area is 798 Å². The third-order valence-corrected chi connectivity index (χ3v) is 27.9. The molecule has 0 spiro atoms. The predicted octanol–water partition coefficient (Wildman–Crippen LogP) is 35.3. The van der Waals surface area contributed by atoms with Gasteiger partial charge in [0, 0.05) is 98.6 Å². The van der Waals surface area contributed by atoms with Crippen molar-refractivity contribution in [2.75, 3.05) is 0 Å². The molecule has 0 bridgehead atoms. The number of hydrogen-bond acceptors (Lipinski definition) is 0. The molecule has 0 fully saturated rings. The average Bonchev–Trinajstić information content (AvgIpc) is 1.59. The van der Waals surface area contributed by atoms with E-state index in [9.17, 15) is 0 Å². The Hall–Kier alpha value is -18.4. The first-order chi connectivity index (χ1) is 68.5. The van der Waals surface area contributed by atoms with Crippen molar-refractivity contribution in [3.8, 4) is 112 Å². The zero-order valence-corrected chi connectivity index (χ0v) is 75.5. The Morgan fingerprint density at radius 3 is 0.493 bits per heavy atom. The summed E-state index contributed by atoms with van der Waals surface area (Å²) in [7, 11) is 0. The molecule has 138 heavy (non-hydrogen) atoms. The van der Waals surface area contributed by atoms with E-state index in [4.69, 9.17) is 0 Å². The smallest absolute Gasteiger partial charge is 0.0541 e. The van der Waals surface area contributed by atoms with Crippen LogP contribution in [-0.2, 0) is 0 Å². The molecule has 28 rings (SSSR count). The number of aromatic nitrogens is 6. The molecule has 6 nitrogen and oxygen atoms in total. The van der Waals surface area contributed by atoms with Gasteiger partial charge in [-0.05, 0) is 266 Å². The molecule has 0 atom stereocenters. The molecule has 28 aromatic rings. The molecule has 0 aliphatic carbocycles. The second-order valence-electron chi connectivity index (χ2n) is 35.8. The molecular formula is C132H88N6. The minimum Gasteiger partial charge on any atom is -0.309 e. The molecule has 0 saturated heterocycles. The van der Waals surface area contributed by atoms with Crippen molar-refractivity contribution in [2.24, 2.45) is 0 Å². The molecule has 0 aliphatic rings. The van der Waals surface area contributed by atoms with E-state index in [1.807, 2.05) is 0 Å². The van der Waals surface area contributed by atoms with Gasteiger partial charge in [0.2, 0.25) is 0 Å². The van der Waals surface area contributed by atoms with Gasteiger partial charge in [0.15, 0.2) is 0 Å². The summed E-state index contributed by atoms with van der Waals surface area (Å²) < 4.78 is 14.3. The molecule has 0 saturated carbocycles. The fourth-order valence-corrected chi connectivity index (χ4v) is 21.6. The molecule has 0 amide bonds. The molecule has 0 N–H and O–H groups in total. The number of rotatable bonds is 13. The minimum atomic E-state index is 1.16. The standard InChI is InChI=1S/C48H32N2.2C42H28N2/c1-5-13-33(14-6-1)35-21-25-45-41(29-35)43-31-37(23-27-47(43)49(45)39-17-9-3-10-18-39)38-24-28-48-44(32-38)42-30-36(34-15-7-2-8-16-34)22-26-46(42)50(48)40-19-11-4-12-20-40;1-4-12-29(13-5-1)30-20-23-41-37(26-30)38-28-32(22-25-42(38)44(41)34-16-8-3-9-17-34)31-21-24-40-36(27-31)35-18-10-11-19-39(35)43(40)33-14-6-2-7-15-33;1-3-13-29(14-4-1)33-17-7-10-20-38(33)44-40-22-12-9-19-35(40)37-28-31(24-26-42(37)44)30-23-25-41-36(27-30)34-18-8-11-21-39(34)43(41)32-15-5-2-6-16-32/h1-32H;2*1-28H. The lowest BCUT2D eigenvalue weighted by Gasteiger charge is -2.14. The highest BCUT2D eigenvalue weighted by Gasteiger charge is 2.24. The molecule has 6 heterocycles. The van der Waals surface area contributed by atoms with Crippen molar-refractivity contribution in [3.63, 3.8) is 0 Å².